The summed E-state index contributed by atoms with van der Waals surface area (Å²) in [7, 11) is 0. The summed E-state index contributed by atoms with van der Waals surface area (Å²) in [4.78, 5) is 0. The van der Waals surface area contributed by atoms with Gasteiger partial charge in [0.25, 0.3) is 0 Å². The molecule has 0 amide bonds. The fourth-order valence-electron chi connectivity index (χ4n) is 3.27. The second-order valence-corrected chi connectivity index (χ2v) is 8.98. The van der Waals surface area contributed by atoms with E-state index in [0.717, 1.165) is 20.9 Å². The topological polar surface area (TPSA) is 17.0 Å². The number of aromatic nitrogens is 1. The van der Waals surface area contributed by atoms with Gasteiger partial charge in [0, 0.05) is 5.02 Å². The third-order valence-electron chi connectivity index (χ3n) is 4.48. The van der Waals surface area contributed by atoms with Gasteiger partial charge in [0.1, 0.15) is 9.64 Å². The first-order valence-electron chi connectivity index (χ1n) is 7.89. The van der Waals surface area contributed by atoms with Crippen LogP contribution in [0.5, 0.6) is 0 Å². The zero-order valence-corrected chi connectivity index (χ0v) is 17.1. The van der Waals surface area contributed by atoms with Crippen molar-refractivity contribution in [2.24, 2.45) is 0 Å². The van der Waals surface area contributed by atoms with Crippen LogP contribution in [0, 0.1) is 11.6 Å². The molecule has 0 unspecified atom stereocenters. The molecule has 128 valence electrons. The number of nitrogens with zero attached hydrogens (tertiary/aromatic N) is 1. The van der Waals surface area contributed by atoms with E-state index in [-0.39, 0.29) is 5.54 Å². The molecular weight excluding hydrogens is 391 g/mol. The molecule has 0 saturated heterocycles. The molecule has 2 nitrogen and oxygen atoms in total. The molecule has 0 fully saturated rings. The summed E-state index contributed by atoms with van der Waals surface area (Å²) in [6, 6.07) is 12.0. The highest BCUT2D eigenvalue weighted by molar-refractivity contribution is 7.71. The molecule has 1 aliphatic rings. The van der Waals surface area contributed by atoms with Crippen LogP contribution in [0.3, 0.4) is 0 Å². The SMILES string of the molecule is Cc1ccc2c(c1)-c1c(sn(-c3ccc(Cl)cc3Cl)c1=S)NC2(C)C. The highest BCUT2D eigenvalue weighted by Gasteiger charge is 2.33. The number of anilines is 1. The van der Waals surface area contributed by atoms with Gasteiger partial charge in [-0.15, -0.1) is 0 Å². The van der Waals surface area contributed by atoms with Gasteiger partial charge in [-0.2, -0.15) is 0 Å². The van der Waals surface area contributed by atoms with Gasteiger partial charge in [0.2, 0.25) is 0 Å². The largest absolute Gasteiger partial charge is 0.366 e. The van der Waals surface area contributed by atoms with Crippen LogP contribution in [-0.4, -0.2) is 3.96 Å². The molecule has 25 heavy (non-hydrogen) atoms. The monoisotopic (exact) mass is 406 g/mol. The molecule has 3 aromatic rings. The van der Waals surface area contributed by atoms with Gasteiger partial charge in [0.15, 0.2) is 0 Å². The quantitative estimate of drug-likeness (QED) is 0.429. The van der Waals surface area contributed by atoms with E-state index < -0.39 is 0 Å². The highest BCUT2D eigenvalue weighted by atomic mass is 35.5. The Morgan fingerprint density at radius 2 is 1.88 bits per heavy atom. The Morgan fingerprint density at radius 3 is 2.60 bits per heavy atom. The summed E-state index contributed by atoms with van der Waals surface area (Å²) in [5.41, 5.74) is 5.43. The average molecular weight is 407 g/mol. The molecule has 0 atom stereocenters. The zero-order chi connectivity index (χ0) is 17.9. The normalized spacial score (nSPS) is 14.6. The lowest BCUT2D eigenvalue weighted by Gasteiger charge is -2.34. The number of hydrogen-bond donors (Lipinski definition) is 1. The standard InChI is InChI=1S/C19H16Cl2N2S2/c1-10-4-6-13-12(8-10)16-17(22-19(13,2)3)25-23(18(16)24)15-7-5-11(20)9-14(15)21/h4-9,22H,1-3H3. The Balaban J connectivity index is 2.00. The van der Waals surface area contributed by atoms with E-state index in [1.54, 1.807) is 17.6 Å². The summed E-state index contributed by atoms with van der Waals surface area (Å²) in [5.74, 6) is 0. The summed E-state index contributed by atoms with van der Waals surface area (Å²) < 4.78 is 2.76. The summed E-state index contributed by atoms with van der Waals surface area (Å²) >= 11 is 19.9. The Hall–Kier alpha value is -1.33. The number of benzene rings is 2. The summed E-state index contributed by atoms with van der Waals surface area (Å²) in [6.45, 7) is 6.48. The predicted octanol–water partition coefficient (Wildman–Crippen LogP) is 7.21. The van der Waals surface area contributed by atoms with Crippen LogP contribution in [0.25, 0.3) is 16.8 Å². The van der Waals surface area contributed by atoms with Gasteiger partial charge in [-0.05, 0) is 61.6 Å². The van der Waals surface area contributed by atoms with Crippen LogP contribution in [0.2, 0.25) is 10.0 Å². The van der Waals surface area contributed by atoms with E-state index in [4.69, 9.17) is 35.4 Å². The molecule has 0 saturated carbocycles. The predicted molar refractivity (Wildman–Crippen MR) is 111 cm³/mol. The van der Waals surface area contributed by atoms with Crippen LogP contribution in [0.1, 0.15) is 25.0 Å². The van der Waals surface area contributed by atoms with Gasteiger partial charge in [-0.25, -0.2) is 0 Å². The van der Waals surface area contributed by atoms with Crippen LogP contribution in [-0.2, 0) is 5.54 Å². The molecule has 1 aromatic heterocycles. The fraction of sp³-hybridized carbons (Fsp3) is 0.211. The highest BCUT2D eigenvalue weighted by Crippen LogP contribution is 2.48. The van der Waals surface area contributed by atoms with Gasteiger partial charge in [-0.1, -0.05) is 59.2 Å². The maximum Gasteiger partial charge on any atom is 0.131 e. The van der Waals surface area contributed by atoms with E-state index in [0.29, 0.717) is 10.0 Å². The first-order valence-corrected chi connectivity index (χ1v) is 9.83. The first-order chi connectivity index (χ1) is 11.8. The molecule has 0 bridgehead atoms. The maximum absolute atomic E-state index is 6.42. The molecule has 1 N–H and O–H groups in total. The van der Waals surface area contributed by atoms with Gasteiger partial charge < -0.3 is 5.32 Å². The Bertz CT molecular complexity index is 1060. The third kappa shape index (κ3) is 2.72. The fourth-order valence-corrected chi connectivity index (χ4v) is 5.51. The summed E-state index contributed by atoms with van der Waals surface area (Å²) in [6.07, 6.45) is 0. The number of rotatable bonds is 1. The molecule has 0 spiro atoms. The van der Waals surface area contributed by atoms with E-state index in [1.165, 1.54) is 16.7 Å². The lowest BCUT2D eigenvalue weighted by Crippen LogP contribution is -2.31. The molecule has 4 rings (SSSR count). The minimum Gasteiger partial charge on any atom is -0.366 e. The Morgan fingerprint density at radius 1 is 1.12 bits per heavy atom. The van der Waals surface area contributed by atoms with E-state index in [2.05, 4.69) is 44.3 Å². The zero-order valence-electron chi connectivity index (χ0n) is 14.0. The van der Waals surface area contributed by atoms with Crippen molar-refractivity contribution in [1.29, 1.82) is 0 Å². The van der Waals surface area contributed by atoms with Gasteiger partial charge >= 0.3 is 0 Å². The third-order valence-corrected chi connectivity index (χ3v) is 6.57. The molecule has 0 aliphatic carbocycles. The van der Waals surface area contributed by atoms with Crippen molar-refractivity contribution in [2.45, 2.75) is 26.3 Å². The number of aryl methyl sites for hydroxylation is 1. The minimum absolute atomic E-state index is 0.162. The Kier molecular flexibility index (Phi) is 4.00. The second-order valence-electron chi connectivity index (χ2n) is 6.79. The van der Waals surface area contributed by atoms with E-state index in [1.807, 2.05) is 16.1 Å². The lowest BCUT2D eigenvalue weighted by molar-refractivity contribution is 0.608. The molecule has 2 heterocycles. The number of halogens is 2. The van der Waals surface area contributed by atoms with Gasteiger partial charge in [-0.3, -0.25) is 3.96 Å². The van der Waals surface area contributed by atoms with Crippen molar-refractivity contribution in [3.63, 3.8) is 0 Å². The Labute approximate surface area is 166 Å². The molecule has 0 radical (unpaired) electrons. The van der Waals surface area contributed by atoms with Crippen LogP contribution < -0.4 is 5.32 Å². The van der Waals surface area contributed by atoms with E-state index in [9.17, 15) is 0 Å². The van der Waals surface area contributed by atoms with Crippen LogP contribution in [0.15, 0.2) is 36.4 Å². The minimum atomic E-state index is -0.162. The van der Waals surface area contributed by atoms with Crippen molar-refractivity contribution in [2.75, 3.05) is 5.32 Å². The first kappa shape index (κ1) is 17.1. The van der Waals surface area contributed by atoms with E-state index >= 15 is 0 Å². The van der Waals surface area contributed by atoms with Crippen molar-refractivity contribution >= 4 is 52.0 Å². The number of hydrogen-bond acceptors (Lipinski definition) is 3. The molecule has 1 aliphatic heterocycles. The smallest absolute Gasteiger partial charge is 0.131 e. The molecule has 2 aromatic carbocycles. The number of nitrogens with one attached hydrogen (secondary N) is 1. The van der Waals surface area contributed by atoms with Crippen molar-refractivity contribution in [3.05, 3.63) is 62.2 Å². The van der Waals surface area contributed by atoms with Crippen LogP contribution in [0.4, 0.5) is 5.00 Å². The van der Waals surface area contributed by atoms with Crippen molar-refractivity contribution in [3.8, 4) is 16.8 Å². The second kappa shape index (κ2) is 5.85. The molecular formula is C19H16Cl2N2S2. The van der Waals surface area contributed by atoms with Gasteiger partial charge in [0.05, 0.1) is 21.8 Å². The number of fused-ring (bicyclic) bond motifs is 3. The lowest BCUT2D eigenvalue weighted by atomic mass is 9.84. The summed E-state index contributed by atoms with van der Waals surface area (Å²) in [5, 5.41) is 5.91. The maximum atomic E-state index is 6.42. The average Bonchev–Trinajstić information content (AvgIpc) is 2.82. The molecule has 6 heteroatoms. The van der Waals surface area contributed by atoms with Crippen molar-refractivity contribution < 1.29 is 0 Å². The van der Waals surface area contributed by atoms with Crippen molar-refractivity contribution in [1.82, 2.24) is 3.96 Å². The van der Waals surface area contributed by atoms with Crippen LogP contribution >= 0.6 is 47.0 Å².